The van der Waals surface area contributed by atoms with Gasteiger partial charge >= 0.3 is 0 Å². The zero-order valence-electron chi connectivity index (χ0n) is 8.35. The number of nitro groups is 1. The lowest BCUT2D eigenvalue weighted by Gasteiger charge is -2.05. The second kappa shape index (κ2) is 5.66. The molecule has 0 amide bonds. The van der Waals surface area contributed by atoms with Crippen molar-refractivity contribution < 1.29 is 14.1 Å². The second-order valence-electron chi connectivity index (χ2n) is 2.98. The smallest absolute Gasteiger partial charge is 0.272 e. The number of nitrogens with zero attached hydrogens (tertiary/aromatic N) is 2. The average Bonchev–Trinajstić information content (AvgIpc) is 2.26. The number of benzene rings is 1. The van der Waals surface area contributed by atoms with E-state index in [1.54, 1.807) is 0 Å². The van der Waals surface area contributed by atoms with Gasteiger partial charge in [-0.15, -0.1) is 0 Å². The van der Waals surface area contributed by atoms with Crippen molar-refractivity contribution in [3.05, 3.63) is 34.1 Å². The first-order valence-corrected chi connectivity index (χ1v) is 4.59. The SMILES string of the molecule is N#CCCCOc1ccc([N+](=O)[O-])cc1F. The van der Waals surface area contributed by atoms with E-state index in [0.717, 1.165) is 6.07 Å². The molecule has 0 saturated carbocycles. The highest BCUT2D eigenvalue weighted by molar-refractivity contribution is 5.37. The molecule has 0 atom stereocenters. The summed E-state index contributed by atoms with van der Waals surface area (Å²) in [5.74, 6) is -0.810. The van der Waals surface area contributed by atoms with Gasteiger partial charge in [0, 0.05) is 12.5 Å². The molecule has 16 heavy (non-hydrogen) atoms. The molecule has 0 N–H and O–H groups in total. The molecule has 0 radical (unpaired) electrons. The van der Waals surface area contributed by atoms with Crippen LogP contribution in [0.4, 0.5) is 10.1 Å². The maximum Gasteiger partial charge on any atom is 0.272 e. The number of hydrogen-bond donors (Lipinski definition) is 0. The summed E-state index contributed by atoms with van der Waals surface area (Å²) in [6.07, 6.45) is 0.821. The van der Waals surface area contributed by atoms with Crippen molar-refractivity contribution in [3.63, 3.8) is 0 Å². The largest absolute Gasteiger partial charge is 0.490 e. The van der Waals surface area contributed by atoms with Gasteiger partial charge in [0.25, 0.3) is 5.69 Å². The fourth-order valence-electron chi connectivity index (χ4n) is 1.05. The van der Waals surface area contributed by atoms with Gasteiger partial charge in [0.05, 0.1) is 23.7 Å². The zero-order valence-corrected chi connectivity index (χ0v) is 8.35. The van der Waals surface area contributed by atoms with Crippen molar-refractivity contribution in [2.24, 2.45) is 0 Å². The molecular weight excluding hydrogens is 215 g/mol. The molecule has 0 spiro atoms. The molecule has 0 fully saturated rings. The highest BCUT2D eigenvalue weighted by Crippen LogP contribution is 2.22. The number of non-ortho nitro benzene ring substituents is 1. The first-order valence-electron chi connectivity index (χ1n) is 4.59. The number of rotatable bonds is 5. The Balaban J connectivity index is 2.62. The summed E-state index contributed by atoms with van der Waals surface area (Å²) < 4.78 is 18.3. The van der Waals surface area contributed by atoms with Gasteiger partial charge in [-0.2, -0.15) is 5.26 Å². The van der Waals surface area contributed by atoms with Gasteiger partial charge in [0.2, 0.25) is 0 Å². The van der Waals surface area contributed by atoms with Crippen LogP contribution in [0.5, 0.6) is 5.75 Å². The van der Waals surface area contributed by atoms with Gasteiger partial charge in [0.15, 0.2) is 11.6 Å². The van der Waals surface area contributed by atoms with Crippen LogP contribution >= 0.6 is 0 Å². The number of nitro benzene ring substituents is 1. The van der Waals surface area contributed by atoms with Gasteiger partial charge in [-0.1, -0.05) is 0 Å². The minimum Gasteiger partial charge on any atom is -0.490 e. The van der Waals surface area contributed by atoms with Crippen molar-refractivity contribution in [2.75, 3.05) is 6.61 Å². The lowest BCUT2D eigenvalue weighted by atomic mass is 10.3. The van der Waals surface area contributed by atoms with Crippen molar-refractivity contribution >= 4 is 5.69 Å². The highest BCUT2D eigenvalue weighted by Gasteiger charge is 2.11. The van der Waals surface area contributed by atoms with Crippen LogP contribution in [0.2, 0.25) is 0 Å². The topological polar surface area (TPSA) is 76.2 Å². The predicted octanol–water partition coefficient (Wildman–Crippen LogP) is 2.42. The van der Waals surface area contributed by atoms with E-state index in [-0.39, 0.29) is 18.0 Å². The Labute approximate surface area is 91.2 Å². The molecule has 84 valence electrons. The Morgan fingerprint density at radius 1 is 1.56 bits per heavy atom. The fraction of sp³-hybridized carbons (Fsp3) is 0.300. The van der Waals surface area contributed by atoms with E-state index >= 15 is 0 Å². The monoisotopic (exact) mass is 224 g/mol. The summed E-state index contributed by atoms with van der Waals surface area (Å²) in [5, 5.41) is 18.6. The highest BCUT2D eigenvalue weighted by atomic mass is 19.1. The molecule has 6 heteroatoms. The van der Waals surface area contributed by atoms with Crippen LogP contribution in [0.1, 0.15) is 12.8 Å². The van der Waals surface area contributed by atoms with Crippen molar-refractivity contribution in [1.29, 1.82) is 5.26 Å². The molecule has 1 rings (SSSR count). The molecule has 0 unspecified atom stereocenters. The molecule has 0 heterocycles. The third-order valence-corrected chi connectivity index (χ3v) is 1.82. The fourth-order valence-corrected chi connectivity index (χ4v) is 1.05. The van der Waals surface area contributed by atoms with Crippen molar-refractivity contribution in [1.82, 2.24) is 0 Å². The lowest BCUT2D eigenvalue weighted by molar-refractivity contribution is -0.385. The summed E-state index contributed by atoms with van der Waals surface area (Å²) in [6.45, 7) is 0.211. The van der Waals surface area contributed by atoms with E-state index in [4.69, 9.17) is 10.00 Å². The predicted molar refractivity (Wildman–Crippen MR) is 53.4 cm³/mol. The van der Waals surface area contributed by atoms with E-state index < -0.39 is 10.7 Å². The van der Waals surface area contributed by atoms with Gasteiger partial charge in [-0.05, 0) is 12.5 Å². The Kier molecular flexibility index (Phi) is 4.21. The number of halogens is 1. The van der Waals surface area contributed by atoms with Crippen LogP contribution in [0, 0.1) is 27.3 Å². The molecule has 0 aliphatic carbocycles. The summed E-state index contributed by atoms with van der Waals surface area (Å²) in [4.78, 5) is 9.65. The molecule has 1 aromatic rings. The van der Waals surface area contributed by atoms with E-state index in [9.17, 15) is 14.5 Å². The van der Waals surface area contributed by atoms with E-state index in [2.05, 4.69) is 0 Å². The number of unbranched alkanes of at least 4 members (excludes halogenated alkanes) is 1. The Bertz CT molecular complexity index is 429. The lowest BCUT2D eigenvalue weighted by Crippen LogP contribution is -1.99. The van der Waals surface area contributed by atoms with E-state index in [1.807, 2.05) is 6.07 Å². The van der Waals surface area contributed by atoms with Gasteiger partial charge in [0.1, 0.15) is 0 Å². The van der Waals surface area contributed by atoms with Gasteiger partial charge in [-0.3, -0.25) is 10.1 Å². The Hall–Kier alpha value is -2.16. The first-order chi connectivity index (χ1) is 7.65. The Morgan fingerprint density at radius 3 is 2.88 bits per heavy atom. The van der Waals surface area contributed by atoms with Crippen molar-refractivity contribution in [2.45, 2.75) is 12.8 Å². The molecule has 0 bridgehead atoms. The molecule has 0 aliphatic rings. The Morgan fingerprint density at radius 2 is 2.31 bits per heavy atom. The van der Waals surface area contributed by atoms with Gasteiger partial charge < -0.3 is 4.74 Å². The standard InChI is InChI=1S/C10H9FN2O3/c11-9-7-8(13(14)15)3-4-10(9)16-6-2-1-5-12/h3-4,7H,1-2,6H2. The maximum atomic E-state index is 13.2. The molecule has 0 saturated heterocycles. The molecule has 0 aromatic heterocycles. The van der Waals surface area contributed by atoms with Crippen LogP contribution < -0.4 is 4.74 Å². The second-order valence-corrected chi connectivity index (χ2v) is 2.98. The third kappa shape index (κ3) is 3.20. The molecule has 0 aliphatic heterocycles. The summed E-state index contributed by atoms with van der Waals surface area (Å²) in [7, 11) is 0. The zero-order chi connectivity index (χ0) is 12.0. The van der Waals surface area contributed by atoms with E-state index in [1.165, 1.54) is 12.1 Å². The molecule has 5 nitrogen and oxygen atoms in total. The third-order valence-electron chi connectivity index (χ3n) is 1.82. The first kappa shape index (κ1) is 11.9. The minimum atomic E-state index is -0.772. The quantitative estimate of drug-likeness (QED) is 0.437. The number of hydrogen-bond acceptors (Lipinski definition) is 4. The van der Waals surface area contributed by atoms with Crippen molar-refractivity contribution in [3.8, 4) is 11.8 Å². The average molecular weight is 224 g/mol. The van der Waals surface area contributed by atoms with Crippen LogP contribution in [0.25, 0.3) is 0 Å². The summed E-state index contributed by atoms with van der Waals surface area (Å²) in [5.41, 5.74) is -0.318. The van der Waals surface area contributed by atoms with Gasteiger partial charge in [-0.25, -0.2) is 4.39 Å². The van der Waals surface area contributed by atoms with E-state index in [0.29, 0.717) is 12.8 Å². The van der Waals surface area contributed by atoms with Crippen LogP contribution in [0.15, 0.2) is 18.2 Å². The van der Waals surface area contributed by atoms with Crippen LogP contribution in [0.3, 0.4) is 0 Å². The summed E-state index contributed by atoms with van der Waals surface area (Å²) in [6, 6.07) is 5.11. The summed E-state index contributed by atoms with van der Waals surface area (Å²) >= 11 is 0. The number of nitriles is 1. The number of ether oxygens (including phenoxy) is 1. The van der Waals surface area contributed by atoms with Crippen LogP contribution in [-0.2, 0) is 0 Å². The molecular formula is C10H9FN2O3. The minimum absolute atomic E-state index is 0.0384. The van der Waals surface area contributed by atoms with Crippen LogP contribution in [-0.4, -0.2) is 11.5 Å². The molecule has 1 aromatic carbocycles. The normalized spacial score (nSPS) is 9.50. The maximum absolute atomic E-state index is 13.2.